The third-order valence-corrected chi connectivity index (χ3v) is 4.53. The number of aromatic nitrogens is 1. The number of rotatable bonds is 7. The van der Waals surface area contributed by atoms with Crippen molar-refractivity contribution < 1.29 is 9.53 Å². The fraction of sp³-hybridized carbons (Fsp3) is 0.611. The summed E-state index contributed by atoms with van der Waals surface area (Å²) in [5, 5.41) is 6.61. The van der Waals surface area contributed by atoms with E-state index in [0.717, 1.165) is 43.3 Å². The Morgan fingerprint density at radius 1 is 1.48 bits per heavy atom. The van der Waals surface area contributed by atoms with Crippen LogP contribution in [0.5, 0.6) is 0 Å². The van der Waals surface area contributed by atoms with Crippen molar-refractivity contribution in [1.82, 2.24) is 15.6 Å². The van der Waals surface area contributed by atoms with Crippen LogP contribution in [-0.4, -0.2) is 56.7 Å². The van der Waals surface area contributed by atoms with E-state index in [0.29, 0.717) is 13.2 Å². The molecule has 0 bridgehead atoms. The van der Waals surface area contributed by atoms with E-state index in [4.69, 9.17) is 10.5 Å². The molecule has 27 heavy (non-hydrogen) atoms. The number of aliphatic imine (C=N–C) groups is 1. The van der Waals surface area contributed by atoms with Crippen LogP contribution in [-0.2, 0) is 16.1 Å². The zero-order valence-corrected chi connectivity index (χ0v) is 18.6. The predicted octanol–water partition coefficient (Wildman–Crippen LogP) is 1.10. The van der Waals surface area contributed by atoms with Gasteiger partial charge in [0.1, 0.15) is 5.82 Å². The fourth-order valence-corrected chi connectivity index (χ4v) is 3.13. The zero-order valence-electron chi connectivity index (χ0n) is 16.3. The van der Waals surface area contributed by atoms with E-state index in [2.05, 4.69) is 31.6 Å². The van der Waals surface area contributed by atoms with Crippen LogP contribution < -0.4 is 21.3 Å². The summed E-state index contributed by atoms with van der Waals surface area (Å²) in [5.74, 6) is 1.44. The molecule has 0 aliphatic carbocycles. The Hall–Kier alpha value is -1.62. The van der Waals surface area contributed by atoms with Gasteiger partial charge in [-0.05, 0) is 25.8 Å². The van der Waals surface area contributed by atoms with Gasteiger partial charge >= 0.3 is 0 Å². The SMILES string of the molecule is CN=C(NCc1cccnc1N1CCC(C(N)=O)CC1)NC(C)COC.I. The van der Waals surface area contributed by atoms with Crippen LogP contribution in [0.4, 0.5) is 5.82 Å². The van der Waals surface area contributed by atoms with Crippen LogP contribution in [0.15, 0.2) is 23.3 Å². The van der Waals surface area contributed by atoms with Crippen LogP contribution in [0.2, 0.25) is 0 Å². The lowest BCUT2D eigenvalue weighted by Crippen LogP contribution is -2.44. The minimum atomic E-state index is -0.201. The standard InChI is InChI=1S/C18H30N6O2.HI/c1-13(12-26-3)23-18(20-2)22-11-15-5-4-8-21-17(15)24-9-6-14(7-10-24)16(19)25;/h4-5,8,13-14H,6-7,9-12H2,1-3H3,(H2,19,25)(H2,20,22,23);1H. The van der Waals surface area contributed by atoms with Gasteiger partial charge in [0, 0.05) is 57.5 Å². The lowest BCUT2D eigenvalue weighted by molar-refractivity contribution is -0.122. The maximum Gasteiger partial charge on any atom is 0.220 e. The second-order valence-corrected chi connectivity index (χ2v) is 6.58. The van der Waals surface area contributed by atoms with E-state index in [-0.39, 0.29) is 41.8 Å². The number of guanidine groups is 1. The van der Waals surface area contributed by atoms with Crippen molar-refractivity contribution in [2.24, 2.45) is 16.6 Å². The lowest BCUT2D eigenvalue weighted by atomic mass is 9.96. The third kappa shape index (κ3) is 7.13. The van der Waals surface area contributed by atoms with Crippen molar-refractivity contribution in [2.45, 2.75) is 32.4 Å². The Morgan fingerprint density at radius 2 is 2.19 bits per heavy atom. The summed E-state index contributed by atoms with van der Waals surface area (Å²) < 4.78 is 5.14. The highest BCUT2D eigenvalue weighted by atomic mass is 127. The van der Waals surface area contributed by atoms with Crippen LogP contribution >= 0.6 is 24.0 Å². The van der Waals surface area contributed by atoms with Gasteiger partial charge in [-0.1, -0.05) is 6.07 Å². The maximum atomic E-state index is 11.4. The molecule has 2 heterocycles. The average Bonchev–Trinajstić information content (AvgIpc) is 2.65. The van der Waals surface area contributed by atoms with Gasteiger partial charge in [-0.25, -0.2) is 4.98 Å². The summed E-state index contributed by atoms with van der Waals surface area (Å²) in [6.07, 6.45) is 3.35. The van der Waals surface area contributed by atoms with Crippen LogP contribution in [0.3, 0.4) is 0 Å². The summed E-state index contributed by atoms with van der Waals surface area (Å²) in [5.41, 5.74) is 6.52. The fourth-order valence-electron chi connectivity index (χ4n) is 3.13. The first kappa shape index (κ1) is 23.4. The van der Waals surface area contributed by atoms with Crippen molar-refractivity contribution in [1.29, 1.82) is 0 Å². The molecule has 0 spiro atoms. The summed E-state index contributed by atoms with van der Waals surface area (Å²) in [7, 11) is 3.42. The topological polar surface area (TPSA) is 105 Å². The predicted molar refractivity (Wildman–Crippen MR) is 118 cm³/mol. The van der Waals surface area contributed by atoms with Gasteiger partial charge in [-0.2, -0.15) is 0 Å². The molecule has 1 saturated heterocycles. The van der Waals surface area contributed by atoms with E-state index >= 15 is 0 Å². The number of amides is 1. The van der Waals surface area contributed by atoms with Gasteiger partial charge in [0.25, 0.3) is 0 Å². The molecule has 1 aromatic heterocycles. The van der Waals surface area contributed by atoms with E-state index in [1.807, 2.05) is 13.0 Å². The van der Waals surface area contributed by atoms with Gasteiger partial charge < -0.3 is 26.0 Å². The number of primary amides is 1. The molecule has 9 heteroatoms. The van der Waals surface area contributed by atoms with Gasteiger partial charge in [0.05, 0.1) is 6.61 Å². The highest BCUT2D eigenvalue weighted by Gasteiger charge is 2.24. The molecule has 0 saturated carbocycles. The van der Waals surface area contributed by atoms with E-state index in [9.17, 15) is 4.79 Å². The Kier molecular flexibility index (Phi) is 10.4. The monoisotopic (exact) mass is 490 g/mol. The summed E-state index contributed by atoms with van der Waals surface area (Å²) in [6, 6.07) is 4.15. The van der Waals surface area contributed by atoms with Gasteiger partial charge in [0.2, 0.25) is 5.91 Å². The molecule has 1 unspecified atom stereocenters. The van der Waals surface area contributed by atoms with Crippen molar-refractivity contribution in [3.63, 3.8) is 0 Å². The number of halogens is 1. The molecule has 152 valence electrons. The molecule has 4 N–H and O–H groups in total. The Morgan fingerprint density at radius 3 is 2.78 bits per heavy atom. The molecule has 0 aromatic carbocycles. The number of hydrogen-bond acceptors (Lipinski definition) is 5. The Bertz CT molecular complexity index is 620. The normalized spacial score (nSPS) is 16.4. The Labute approximate surface area is 178 Å². The minimum Gasteiger partial charge on any atom is -0.383 e. The quantitative estimate of drug-likeness (QED) is 0.301. The van der Waals surface area contributed by atoms with Crippen LogP contribution in [0.25, 0.3) is 0 Å². The van der Waals surface area contributed by atoms with E-state index in [1.165, 1.54) is 0 Å². The molecular weight excluding hydrogens is 459 g/mol. The molecule has 1 amide bonds. The number of methoxy groups -OCH3 is 1. The Balaban J connectivity index is 0.00000364. The van der Waals surface area contributed by atoms with Crippen molar-refractivity contribution >= 4 is 41.7 Å². The number of nitrogens with zero attached hydrogens (tertiary/aromatic N) is 3. The molecule has 1 aromatic rings. The molecule has 0 radical (unpaired) electrons. The molecular formula is C18H31IN6O2. The molecule has 1 atom stereocenters. The number of carbonyl (C=O) groups is 1. The van der Waals surface area contributed by atoms with Gasteiger partial charge in [0.15, 0.2) is 5.96 Å². The molecule has 8 nitrogen and oxygen atoms in total. The molecule has 1 aliphatic rings. The second-order valence-electron chi connectivity index (χ2n) is 6.58. The first-order valence-corrected chi connectivity index (χ1v) is 8.99. The highest BCUT2D eigenvalue weighted by Crippen LogP contribution is 2.24. The minimum absolute atomic E-state index is 0. The molecule has 1 aliphatic heterocycles. The number of ether oxygens (including phenoxy) is 1. The number of hydrogen-bond donors (Lipinski definition) is 3. The first-order chi connectivity index (χ1) is 12.5. The van der Waals surface area contributed by atoms with E-state index in [1.54, 1.807) is 20.4 Å². The number of anilines is 1. The smallest absolute Gasteiger partial charge is 0.220 e. The maximum absolute atomic E-state index is 11.4. The first-order valence-electron chi connectivity index (χ1n) is 8.99. The van der Waals surface area contributed by atoms with Crippen molar-refractivity contribution in [2.75, 3.05) is 38.8 Å². The lowest BCUT2D eigenvalue weighted by Gasteiger charge is -2.32. The zero-order chi connectivity index (χ0) is 18.9. The largest absolute Gasteiger partial charge is 0.383 e. The summed E-state index contributed by atoms with van der Waals surface area (Å²) in [6.45, 7) is 4.83. The number of nitrogens with two attached hydrogens (primary N) is 1. The summed E-state index contributed by atoms with van der Waals surface area (Å²) in [4.78, 5) is 22.4. The van der Waals surface area contributed by atoms with Gasteiger partial charge in [-0.3, -0.25) is 9.79 Å². The average molecular weight is 490 g/mol. The molecule has 1 fully saturated rings. The number of carbonyl (C=O) groups excluding carboxylic acids is 1. The van der Waals surface area contributed by atoms with Crippen LogP contribution in [0, 0.1) is 5.92 Å². The second kappa shape index (κ2) is 12.0. The van der Waals surface area contributed by atoms with Crippen molar-refractivity contribution in [3.8, 4) is 0 Å². The van der Waals surface area contributed by atoms with Crippen molar-refractivity contribution in [3.05, 3.63) is 23.9 Å². The third-order valence-electron chi connectivity index (χ3n) is 4.53. The van der Waals surface area contributed by atoms with Crippen LogP contribution in [0.1, 0.15) is 25.3 Å². The summed E-state index contributed by atoms with van der Waals surface area (Å²) >= 11 is 0. The number of pyridine rings is 1. The number of piperidine rings is 1. The highest BCUT2D eigenvalue weighted by molar-refractivity contribution is 14.0. The number of nitrogens with one attached hydrogen (secondary N) is 2. The van der Waals surface area contributed by atoms with E-state index < -0.39 is 0 Å². The van der Waals surface area contributed by atoms with Gasteiger partial charge in [-0.15, -0.1) is 24.0 Å². The molecule has 2 rings (SSSR count).